The second-order valence-electron chi connectivity index (χ2n) is 10.3. The SMILES string of the molecule is C=CCOC(=O)O[C@@H]1CO[C@H]2C1OC(OC(C)=O)[C@@H]2OC(C)=O.C=CCOC(=O)O[C@@H]1CO[C@H]2C1O[C@@H]1OC(C)(C)O[C@@H]12. The van der Waals surface area contributed by atoms with Gasteiger partial charge in [-0.15, -0.1) is 0 Å². The van der Waals surface area contributed by atoms with Crippen molar-refractivity contribution in [2.75, 3.05) is 26.4 Å². The third-order valence-electron chi connectivity index (χ3n) is 6.59. The number of esters is 2. The van der Waals surface area contributed by atoms with E-state index < -0.39 is 79.2 Å². The van der Waals surface area contributed by atoms with Crippen molar-refractivity contribution in [1.29, 1.82) is 0 Å². The van der Waals surface area contributed by atoms with Crippen LogP contribution in [0.3, 0.4) is 0 Å². The zero-order valence-corrected chi connectivity index (χ0v) is 24.2. The van der Waals surface area contributed by atoms with E-state index in [0.717, 1.165) is 0 Å². The van der Waals surface area contributed by atoms with Gasteiger partial charge in [0.2, 0.25) is 6.29 Å². The van der Waals surface area contributed by atoms with Crippen molar-refractivity contribution in [3.05, 3.63) is 25.3 Å². The largest absolute Gasteiger partial charge is 0.509 e. The fourth-order valence-electron chi connectivity index (χ4n) is 5.08. The quantitative estimate of drug-likeness (QED) is 0.216. The van der Waals surface area contributed by atoms with Gasteiger partial charge in [0.15, 0.2) is 30.4 Å². The van der Waals surface area contributed by atoms with E-state index in [4.69, 9.17) is 56.8 Å². The van der Waals surface area contributed by atoms with Crippen molar-refractivity contribution < 1.29 is 76.0 Å². The van der Waals surface area contributed by atoms with Crippen LogP contribution in [0.4, 0.5) is 9.59 Å². The van der Waals surface area contributed by atoms with Gasteiger partial charge in [0.05, 0.1) is 13.2 Å². The second kappa shape index (κ2) is 14.0. The number of carbonyl (C=O) groups is 4. The van der Waals surface area contributed by atoms with Gasteiger partial charge in [-0.05, 0) is 13.8 Å². The van der Waals surface area contributed by atoms with E-state index in [1.165, 1.54) is 26.0 Å². The summed E-state index contributed by atoms with van der Waals surface area (Å²) in [4.78, 5) is 45.3. The number of ether oxygens (including phenoxy) is 12. The molecule has 0 N–H and O–H groups in total. The molecule has 0 aromatic heterocycles. The maximum Gasteiger partial charge on any atom is 0.509 e. The highest BCUT2D eigenvalue weighted by Crippen LogP contribution is 2.42. The number of rotatable bonds is 8. The van der Waals surface area contributed by atoms with E-state index in [9.17, 15) is 19.2 Å². The molecule has 5 saturated heterocycles. The highest BCUT2D eigenvalue weighted by atomic mass is 16.9. The number of carbonyl (C=O) groups excluding carboxylic acids is 4. The molecule has 16 heteroatoms. The molecule has 3 unspecified atom stereocenters. The van der Waals surface area contributed by atoms with Crippen LogP contribution in [0.15, 0.2) is 25.3 Å². The van der Waals surface area contributed by atoms with Gasteiger partial charge >= 0.3 is 24.2 Å². The van der Waals surface area contributed by atoms with Crippen molar-refractivity contribution in [3.8, 4) is 0 Å². The zero-order chi connectivity index (χ0) is 31.3. The van der Waals surface area contributed by atoms with Crippen LogP contribution in [0.5, 0.6) is 0 Å². The topological polar surface area (TPSA) is 179 Å². The molecule has 0 saturated carbocycles. The summed E-state index contributed by atoms with van der Waals surface area (Å²) in [6, 6.07) is 0. The van der Waals surface area contributed by atoms with Gasteiger partial charge in [-0.25, -0.2) is 9.59 Å². The zero-order valence-electron chi connectivity index (χ0n) is 24.2. The van der Waals surface area contributed by atoms with E-state index in [2.05, 4.69) is 13.2 Å². The molecule has 43 heavy (non-hydrogen) atoms. The first-order valence-electron chi connectivity index (χ1n) is 13.5. The molecule has 0 bridgehead atoms. The van der Waals surface area contributed by atoms with Crippen LogP contribution in [-0.4, -0.2) is 118 Å². The van der Waals surface area contributed by atoms with Crippen LogP contribution in [0, 0.1) is 0 Å². The normalized spacial score (nSPS) is 36.1. The third-order valence-corrected chi connectivity index (χ3v) is 6.59. The van der Waals surface area contributed by atoms with Crippen molar-refractivity contribution in [3.63, 3.8) is 0 Å². The summed E-state index contributed by atoms with van der Waals surface area (Å²) in [7, 11) is 0. The average molecular weight is 617 g/mol. The smallest absolute Gasteiger partial charge is 0.453 e. The molecule has 240 valence electrons. The third kappa shape index (κ3) is 8.01. The van der Waals surface area contributed by atoms with Crippen molar-refractivity contribution in [2.24, 2.45) is 0 Å². The highest BCUT2D eigenvalue weighted by Gasteiger charge is 2.61. The first-order chi connectivity index (χ1) is 20.4. The summed E-state index contributed by atoms with van der Waals surface area (Å²) in [5, 5.41) is 0. The molecule has 0 aromatic rings. The highest BCUT2D eigenvalue weighted by molar-refractivity contribution is 5.67. The van der Waals surface area contributed by atoms with Gasteiger partial charge in [0.1, 0.15) is 43.7 Å². The molecule has 0 spiro atoms. The average Bonchev–Trinajstić information content (AvgIpc) is 3.70. The maximum atomic E-state index is 11.5. The molecule has 16 nitrogen and oxygen atoms in total. The van der Waals surface area contributed by atoms with Gasteiger partial charge in [-0.2, -0.15) is 0 Å². The Bertz CT molecular complexity index is 1060. The Morgan fingerprint density at radius 2 is 1.26 bits per heavy atom. The second-order valence-corrected chi connectivity index (χ2v) is 10.3. The molecule has 0 radical (unpaired) electrons. The minimum atomic E-state index is -1.12. The van der Waals surface area contributed by atoms with Crippen LogP contribution in [-0.2, 0) is 66.4 Å². The van der Waals surface area contributed by atoms with E-state index in [-0.39, 0.29) is 38.6 Å². The van der Waals surface area contributed by atoms with Crippen molar-refractivity contribution in [1.82, 2.24) is 0 Å². The first kappa shape index (κ1) is 32.6. The summed E-state index contributed by atoms with van der Waals surface area (Å²) < 4.78 is 63.6. The lowest BCUT2D eigenvalue weighted by atomic mass is 10.1. The van der Waals surface area contributed by atoms with Crippen LogP contribution in [0.25, 0.3) is 0 Å². The Kier molecular flexibility index (Phi) is 10.6. The summed E-state index contributed by atoms with van der Waals surface area (Å²) in [5.41, 5.74) is 0. The minimum Gasteiger partial charge on any atom is -0.453 e. The van der Waals surface area contributed by atoms with Gasteiger partial charge in [-0.1, -0.05) is 25.3 Å². The van der Waals surface area contributed by atoms with Gasteiger partial charge in [-0.3, -0.25) is 9.59 Å². The first-order valence-corrected chi connectivity index (χ1v) is 13.5. The van der Waals surface area contributed by atoms with E-state index in [1.807, 2.05) is 13.8 Å². The van der Waals surface area contributed by atoms with Crippen molar-refractivity contribution in [2.45, 2.75) is 94.9 Å². The molecule has 0 aliphatic carbocycles. The van der Waals surface area contributed by atoms with Gasteiger partial charge in [0.25, 0.3) is 0 Å². The molecular weight excluding hydrogens is 580 g/mol. The Balaban J connectivity index is 0.000000198. The standard InChI is InChI=1S/C14H18O9.C13H18O7/c1-4-5-18-14(17)22-9-6-19-11-10(9)23-13(21-8(3)16)12(11)20-7(2)15;1-4-5-15-12(14)17-7-6-16-9-8(7)18-11-10(9)19-13(2,3)20-11/h4,9-13H,1,5-6H2,2-3H3;4,7-11H,1,5-6H2,2-3H3/t9-,10?,11+,12-,13?;7-,8?,9+,10-,11-/m11/s1. The lowest BCUT2D eigenvalue weighted by molar-refractivity contribution is -0.215. The van der Waals surface area contributed by atoms with Crippen LogP contribution in [0.1, 0.15) is 27.7 Å². The Hall–Kier alpha value is -3.28. The monoisotopic (exact) mass is 616 g/mol. The lowest BCUT2D eigenvalue weighted by Crippen LogP contribution is -2.38. The number of hydrogen-bond donors (Lipinski definition) is 0. The molecule has 5 aliphatic rings. The van der Waals surface area contributed by atoms with Crippen LogP contribution >= 0.6 is 0 Å². The fourth-order valence-corrected chi connectivity index (χ4v) is 5.08. The van der Waals surface area contributed by atoms with E-state index in [1.54, 1.807) is 0 Å². The fraction of sp³-hybridized carbons (Fsp3) is 0.704. The molecular formula is C27H36O16. The van der Waals surface area contributed by atoms with E-state index in [0.29, 0.717) is 0 Å². The molecule has 5 rings (SSSR count). The molecule has 5 heterocycles. The summed E-state index contributed by atoms with van der Waals surface area (Å²) in [6.45, 7) is 13.3. The van der Waals surface area contributed by atoms with Gasteiger partial charge < -0.3 is 56.8 Å². The van der Waals surface area contributed by atoms with Crippen LogP contribution < -0.4 is 0 Å². The molecule has 5 aliphatic heterocycles. The molecule has 0 amide bonds. The molecule has 0 aromatic carbocycles. The summed E-state index contributed by atoms with van der Waals surface area (Å²) in [6.07, 6.45) is -5.05. The Morgan fingerprint density at radius 3 is 1.79 bits per heavy atom. The number of hydrogen-bond acceptors (Lipinski definition) is 16. The van der Waals surface area contributed by atoms with E-state index >= 15 is 0 Å². The maximum absolute atomic E-state index is 11.5. The minimum absolute atomic E-state index is 0.00745. The predicted octanol–water partition coefficient (Wildman–Crippen LogP) is 1.28. The van der Waals surface area contributed by atoms with Gasteiger partial charge in [0, 0.05) is 13.8 Å². The Morgan fingerprint density at radius 1 is 0.721 bits per heavy atom. The Labute approximate surface area is 247 Å². The van der Waals surface area contributed by atoms with Crippen molar-refractivity contribution >= 4 is 24.2 Å². The lowest BCUT2D eigenvalue weighted by Gasteiger charge is -2.22. The summed E-state index contributed by atoms with van der Waals surface area (Å²) in [5.74, 6) is -1.87. The number of fused-ring (bicyclic) bond motifs is 4. The predicted molar refractivity (Wildman–Crippen MR) is 137 cm³/mol. The van der Waals surface area contributed by atoms with Crippen LogP contribution in [0.2, 0.25) is 0 Å². The summed E-state index contributed by atoms with van der Waals surface area (Å²) >= 11 is 0. The molecule has 5 fully saturated rings. The molecule has 10 atom stereocenters.